The summed E-state index contributed by atoms with van der Waals surface area (Å²) < 4.78 is 0.952. The minimum atomic E-state index is -0.687. The van der Waals surface area contributed by atoms with Crippen LogP contribution >= 0.6 is 15.9 Å². The second-order valence-corrected chi connectivity index (χ2v) is 5.19. The SMILES string of the molecule is O=C(NO)c1cccc(C(=O)N/N=C/c2ccc(Br)cc2)c1. The molecule has 2 aromatic rings. The first-order chi connectivity index (χ1) is 10.6. The number of carbonyl (C=O) groups excluding carboxylic acids is 2. The molecule has 0 atom stereocenters. The van der Waals surface area contributed by atoms with E-state index in [2.05, 4.69) is 26.5 Å². The van der Waals surface area contributed by atoms with Crippen molar-refractivity contribution in [1.82, 2.24) is 10.9 Å². The van der Waals surface area contributed by atoms with E-state index in [1.807, 2.05) is 24.3 Å². The van der Waals surface area contributed by atoms with Gasteiger partial charge in [-0.25, -0.2) is 10.9 Å². The number of carbonyl (C=O) groups is 2. The maximum atomic E-state index is 11.9. The molecular weight excluding hydrogens is 350 g/mol. The molecule has 0 unspecified atom stereocenters. The molecule has 0 saturated carbocycles. The van der Waals surface area contributed by atoms with E-state index >= 15 is 0 Å². The number of amides is 2. The van der Waals surface area contributed by atoms with Crippen molar-refractivity contribution in [2.24, 2.45) is 5.10 Å². The Balaban J connectivity index is 2.03. The first-order valence-electron chi connectivity index (χ1n) is 6.23. The van der Waals surface area contributed by atoms with Gasteiger partial charge in [0.05, 0.1) is 6.21 Å². The first-order valence-corrected chi connectivity index (χ1v) is 7.03. The number of hydrogen-bond donors (Lipinski definition) is 3. The van der Waals surface area contributed by atoms with Gasteiger partial charge in [-0.05, 0) is 35.9 Å². The number of benzene rings is 2. The molecule has 7 heteroatoms. The Bertz CT molecular complexity index is 714. The lowest BCUT2D eigenvalue weighted by molar-refractivity contribution is 0.0706. The molecule has 0 aromatic heterocycles. The molecule has 0 spiro atoms. The monoisotopic (exact) mass is 361 g/mol. The largest absolute Gasteiger partial charge is 0.288 e. The van der Waals surface area contributed by atoms with Crippen LogP contribution in [0.3, 0.4) is 0 Å². The molecule has 0 aliphatic heterocycles. The second-order valence-electron chi connectivity index (χ2n) is 4.27. The lowest BCUT2D eigenvalue weighted by atomic mass is 10.1. The quantitative estimate of drug-likeness (QED) is 0.443. The molecule has 2 aromatic carbocycles. The molecule has 0 heterocycles. The molecule has 3 N–H and O–H groups in total. The van der Waals surface area contributed by atoms with Crippen molar-refractivity contribution in [3.8, 4) is 0 Å². The van der Waals surface area contributed by atoms with Gasteiger partial charge in [-0.1, -0.05) is 34.1 Å². The summed E-state index contributed by atoms with van der Waals surface area (Å²) in [5.74, 6) is -1.14. The number of nitrogens with zero attached hydrogens (tertiary/aromatic N) is 1. The summed E-state index contributed by atoms with van der Waals surface area (Å²) in [6.45, 7) is 0. The molecular formula is C15H12BrN3O3. The van der Waals surface area contributed by atoms with Crippen LogP contribution in [0.5, 0.6) is 0 Å². The molecule has 0 saturated heterocycles. The smallest absolute Gasteiger partial charge is 0.274 e. The highest BCUT2D eigenvalue weighted by atomic mass is 79.9. The lowest BCUT2D eigenvalue weighted by Crippen LogP contribution is -2.21. The summed E-state index contributed by atoms with van der Waals surface area (Å²) in [5.41, 5.74) is 5.15. The van der Waals surface area contributed by atoms with Crippen LogP contribution in [-0.2, 0) is 0 Å². The van der Waals surface area contributed by atoms with Crippen LogP contribution in [0.2, 0.25) is 0 Å². The van der Waals surface area contributed by atoms with Crippen LogP contribution in [0, 0.1) is 0 Å². The Morgan fingerprint density at radius 1 is 1.05 bits per heavy atom. The molecule has 2 rings (SSSR count). The van der Waals surface area contributed by atoms with Crippen molar-refractivity contribution in [3.05, 3.63) is 69.7 Å². The van der Waals surface area contributed by atoms with Gasteiger partial charge in [-0.3, -0.25) is 14.8 Å². The maximum Gasteiger partial charge on any atom is 0.274 e. The first kappa shape index (κ1) is 15.9. The van der Waals surface area contributed by atoms with E-state index in [0.29, 0.717) is 0 Å². The molecule has 0 bridgehead atoms. The predicted molar refractivity (Wildman–Crippen MR) is 84.9 cm³/mol. The second kappa shape index (κ2) is 7.48. The zero-order valence-corrected chi connectivity index (χ0v) is 12.9. The fourth-order valence-corrected chi connectivity index (χ4v) is 1.91. The van der Waals surface area contributed by atoms with E-state index in [1.165, 1.54) is 29.9 Å². The van der Waals surface area contributed by atoms with Crippen molar-refractivity contribution >= 4 is 34.0 Å². The highest BCUT2D eigenvalue weighted by molar-refractivity contribution is 9.10. The van der Waals surface area contributed by atoms with Crippen LogP contribution in [0.25, 0.3) is 0 Å². The van der Waals surface area contributed by atoms with Crippen LogP contribution in [0.1, 0.15) is 26.3 Å². The zero-order valence-electron chi connectivity index (χ0n) is 11.3. The van der Waals surface area contributed by atoms with E-state index in [1.54, 1.807) is 6.07 Å². The number of nitrogens with one attached hydrogen (secondary N) is 2. The average Bonchev–Trinajstić information content (AvgIpc) is 2.56. The third-order valence-electron chi connectivity index (χ3n) is 2.74. The normalized spacial score (nSPS) is 10.5. The summed E-state index contributed by atoms with van der Waals surface area (Å²) in [7, 11) is 0. The Morgan fingerprint density at radius 2 is 1.68 bits per heavy atom. The molecule has 2 amide bonds. The number of rotatable bonds is 4. The van der Waals surface area contributed by atoms with Gasteiger partial charge in [0.15, 0.2) is 0 Å². The third kappa shape index (κ3) is 4.24. The highest BCUT2D eigenvalue weighted by Crippen LogP contribution is 2.09. The summed E-state index contributed by atoms with van der Waals surface area (Å²) in [5, 5.41) is 12.4. The van der Waals surface area contributed by atoms with Gasteiger partial charge in [-0.2, -0.15) is 5.10 Å². The summed E-state index contributed by atoms with van der Waals surface area (Å²) in [6, 6.07) is 13.3. The van der Waals surface area contributed by atoms with Crippen molar-refractivity contribution in [2.75, 3.05) is 0 Å². The summed E-state index contributed by atoms with van der Waals surface area (Å²) in [4.78, 5) is 23.2. The van der Waals surface area contributed by atoms with Gasteiger partial charge in [-0.15, -0.1) is 0 Å². The van der Waals surface area contributed by atoms with Crippen LogP contribution in [-0.4, -0.2) is 23.2 Å². The van der Waals surface area contributed by atoms with Crippen LogP contribution < -0.4 is 10.9 Å². The minimum absolute atomic E-state index is 0.173. The Labute approximate surface area is 134 Å². The third-order valence-corrected chi connectivity index (χ3v) is 3.27. The van der Waals surface area contributed by atoms with Crippen molar-refractivity contribution in [1.29, 1.82) is 0 Å². The van der Waals surface area contributed by atoms with Gasteiger partial charge in [0.25, 0.3) is 11.8 Å². The van der Waals surface area contributed by atoms with Gasteiger partial charge in [0, 0.05) is 15.6 Å². The minimum Gasteiger partial charge on any atom is -0.288 e. The van der Waals surface area contributed by atoms with E-state index in [9.17, 15) is 9.59 Å². The Morgan fingerprint density at radius 3 is 2.32 bits per heavy atom. The Hall–Kier alpha value is -2.51. The van der Waals surface area contributed by atoms with Gasteiger partial charge >= 0.3 is 0 Å². The standard InChI is InChI=1S/C15H12BrN3O3/c16-13-6-4-10(5-7-13)9-17-18-14(20)11-2-1-3-12(8-11)15(21)19-22/h1-9,22H,(H,18,20)(H,19,21)/b17-9+. The number of halogens is 1. The lowest BCUT2D eigenvalue weighted by Gasteiger charge is -2.02. The van der Waals surface area contributed by atoms with Crippen molar-refractivity contribution < 1.29 is 14.8 Å². The predicted octanol–water partition coefficient (Wildman–Crippen LogP) is 2.33. The van der Waals surface area contributed by atoms with E-state index in [0.717, 1.165) is 10.0 Å². The van der Waals surface area contributed by atoms with Crippen LogP contribution in [0.4, 0.5) is 0 Å². The van der Waals surface area contributed by atoms with Gasteiger partial charge in [0.2, 0.25) is 0 Å². The molecule has 0 aliphatic rings. The highest BCUT2D eigenvalue weighted by Gasteiger charge is 2.09. The van der Waals surface area contributed by atoms with Crippen molar-refractivity contribution in [3.63, 3.8) is 0 Å². The van der Waals surface area contributed by atoms with E-state index in [4.69, 9.17) is 5.21 Å². The van der Waals surface area contributed by atoms with E-state index < -0.39 is 11.8 Å². The fraction of sp³-hybridized carbons (Fsp3) is 0. The maximum absolute atomic E-state index is 11.9. The molecule has 112 valence electrons. The molecule has 0 radical (unpaired) electrons. The summed E-state index contributed by atoms with van der Waals surface area (Å²) in [6.07, 6.45) is 1.51. The van der Waals surface area contributed by atoms with Crippen molar-refractivity contribution in [2.45, 2.75) is 0 Å². The molecule has 6 nitrogen and oxygen atoms in total. The van der Waals surface area contributed by atoms with Crippen LogP contribution in [0.15, 0.2) is 58.1 Å². The fourth-order valence-electron chi connectivity index (χ4n) is 1.65. The van der Waals surface area contributed by atoms with E-state index in [-0.39, 0.29) is 11.1 Å². The topological polar surface area (TPSA) is 90.8 Å². The Kier molecular flexibility index (Phi) is 5.40. The number of hydrazone groups is 1. The molecule has 0 aliphatic carbocycles. The molecule has 22 heavy (non-hydrogen) atoms. The summed E-state index contributed by atoms with van der Waals surface area (Å²) >= 11 is 3.33. The zero-order chi connectivity index (χ0) is 15.9. The average molecular weight is 362 g/mol. The van der Waals surface area contributed by atoms with Gasteiger partial charge < -0.3 is 0 Å². The molecule has 0 fully saturated rings. The number of hydroxylamine groups is 1. The number of hydrogen-bond acceptors (Lipinski definition) is 4. The van der Waals surface area contributed by atoms with Gasteiger partial charge in [0.1, 0.15) is 0 Å².